The van der Waals surface area contributed by atoms with Gasteiger partial charge in [0.05, 0.1) is 11.5 Å². The molecule has 0 unspecified atom stereocenters. The Balaban J connectivity index is 1.60. The van der Waals surface area contributed by atoms with Crippen LogP contribution in [0.4, 0.5) is 0 Å². The van der Waals surface area contributed by atoms with E-state index in [4.69, 9.17) is 11.1 Å². The number of nitrogens with one attached hydrogen (secondary N) is 1. The minimum absolute atomic E-state index is 0.0807. The van der Waals surface area contributed by atoms with Gasteiger partial charge in [0.15, 0.2) is 0 Å². The van der Waals surface area contributed by atoms with Crippen LogP contribution in [-0.4, -0.2) is 5.84 Å². The number of nitrogens with zero attached hydrogens (tertiary/aromatic N) is 1. The molecule has 0 atom stereocenters. The summed E-state index contributed by atoms with van der Waals surface area (Å²) < 4.78 is 0. The Bertz CT molecular complexity index is 835. The highest BCUT2D eigenvalue weighted by molar-refractivity contribution is 5.95. The molecule has 0 aromatic heterocycles. The number of unbranched alkanes of at least 4 members (excludes halogenated alkanes) is 3. The monoisotopic (exact) mass is 387 g/mol. The van der Waals surface area contributed by atoms with E-state index in [0.717, 1.165) is 43.2 Å². The fraction of sp³-hybridized carbons (Fsp3) is 0.462. The van der Waals surface area contributed by atoms with E-state index in [1.165, 1.54) is 36.8 Å². The second-order valence-corrected chi connectivity index (χ2v) is 8.59. The first-order valence-electron chi connectivity index (χ1n) is 11.0. The first-order valence-corrected chi connectivity index (χ1v) is 11.0. The molecule has 2 aromatic rings. The molecule has 0 aliphatic heterocycles. The van der Waals surface area contributed by atoms with Crippen molar-refractivity contribution >= 4 is 5.84 Å². The fourth-order valence-electron chi connectivity index (χ4n) is 4.60. The molecule has 0 bridgehead atoms. The van der Waals surface area contributed by atoms with E-state index in [2.05, 4.69) is 37.3 Å². The molecule has 0 saturated heterocycles. The van der Waals surface area contributed by atoms with Gasteiger partial charge in [-0.3, -0.25) is 5.41 Å². The summed E-state index contributed by atoms with van der Waals surface area (Å²) in [5.41, 5.74) is 9.93. The van der Waals surface area contributed by atoms with Crippen molar-refractivity contribution in [3.8, 4) is 17.2 Å². The molecule has 3 rings (SSSR count). The van der Waals surface area contributed by atoms with Crippen molar-refractivity contribution in [1.29, 1.82) is 10.7 Å². The van der Waals surface area contributed by atoms with E-state index in [-0.39, 0.29) is 11.3 Å². The SMILES string of the molecule is CCCCCCC1(C#N)CCC(c2ccc(-c3ccc(C(=N)N)cc3)cc2)CC1. The van der Waals surface area contributed by atoms with Gasteiger partial charge in [0.25, 0.3) is 0 Å². The summed E-state index contributed by atoms with van der Waals surface area (Å²) in [6, 6.07) is 19.4. The maximum absolute atomic E-state index is 9.80. The van der Waals surface area contributed by atoms with Crippen LogP contribution in [0.15, 0.2) is 48.5 Å². The molecule has 0 radical (unpaired) electrons. The van der Waals surface area contributed by atoms with Crippen LogP contribution >= 0.6 is 0 Å². The Morgan fingerprint density at radius 2 is 1.59 bits per heavy atom. The maximum Gasteiger partial charge on any atom is 0.122 e. The van der Waals surface area contributed by atoms with Crippen molar-refractivity contribution in [2.75, 3.05) is 0 Å². The van der Waals surface area contributed by atoms with Crippen LogP contribution in [0.5, 0.6) is 0 Å². The van der Waals surface area contributed by atoms with Crippen LogP contribution in [0.25, 0.3) is 11.1 Å². The Hall–Kier alpha value is -2.60. The third-order valence-electron chi connectivity index (χ3n) is 6.60. The molecule has 29 heavy (non-hydrogen) atoms. The van der Waals surface area contributed by atoms with Gasteiger partial charge in [0.1, 0.15) is 5.84 Å². The summed E-state index contributed by atoms with van der Waals surface area (Å²) in [5.74, 6) is 0.671. The lowest BCUT2D eigenvalue weighted by atomic mass is 9.67. The number of nitrogen functional groups attached to an aromatic ring is 1. The number of amidine groups is 1. The quantitative estimate of drug-likeness (QED) is 0.298. The minimum Gasteiger partial charge on any atom is -0.384 e. The molecule has 3 N–H and O–H groups in total. The average molecular weight is 388 g/mol. The van der Waals surface area contributed by atoms with Gasteiger partial charge in [-0.05, 0) is 54.7 Å². The molecule has 152 valence electrons. The smallest absolute Gasteiger partial charge is 0.122 e. The van der Waals surface area contributed by atoms with Crippen LogP contribution < -0.4 is 5.73 Å². The predicted octanol–water partition coefficient (Wildman–Crippen LogP) is 6.78. The molecular weight excluding hydrogens is 354 g/mol. The highest BCUT2D eigenvalue weighted by Crippen LogP contribution is 2.45. The van der Waals surface area contributed by atoms with Gasteiger partial charge in [0.2, 0.25) is 0 Å². The van der Waals surface area contributed by atoms with Gasteiger partial charge in [0, 0.05) is 5.56 Å². The third-order valence-corrected chi connectivity index (χ3v) is 6.60. The standard InChI is InChI=1S/C26H33N3/c1-2-3-4-5-16-26(19-27)17-14-23(15-18-26)22-8-6-20(7-9-22)21-10-12-24(13-11-21)25(28)29/h6-13,23H,2-5,14-18H2,1H3,(H3,28,29). The van der Waals surface area contributed by atoms with E-state index >= 15 is 0 Å². The second kappa shape index (κ2) is 9.74. The molecule has 1 aliphatic rings. The van der Waals surface area contributed by atoms with E-state index in [1.807, 2.05) is 24.3 Å². The van der Waals surface area contributed by atoms with E-state index < -0.39 is 0 Å². The van der Waals surface area contributed by atoms with Gasteiger partial charge in [-0.1, -0.05) is 81.1 Å². The summed E-state index contributed by atoms with van der Waals surface area (Å²) in [7, 11) is 0. The Morgan fingerprint density at radius 3 is 2.10 bits per heavy atom. The number of hydrogen-bond acceptors (Lipinski definition) is 2. The lowest BCUT2D eigenvalue weighted by Crippen LogP contribution is -2.25. The minimum atomic E-state index is -0.0807. The Labute approximate surface area is 175 Å². The summed E-state index contributed by atoms with van der Waals surface area (Å²) in [5, 5.41) is 17.3. The van der Waals surface area contributed by atoms with Crippen molar-refractivity contribution in [3.63, 3.8) is 0 Å². The molecule has 0 spiro atoms. The summed E-state index contributed by atoms with van der Waals surface area (Å²) in [4.78, 5) is 0. The van der Waals surface area contributed by atoms with Gasteiger partial charge in [-0.25, -0.2) is 0 Å². The number of nitrogens with two attached hydrogens (primary N) is 1. The van der Waals surface area contributed by atoms with Crippen molar-refractivity contribution in [1.82, 2.24) is 0 Å². The summed E-state index contributed by atoms with van der Waals surface area (Å²) >= 11 is 0. The predicted molar refractivity (Wildman–Crippen MR) is 121 cm³/mol. The number of hydrogen-bond donors (Lipinski definition) is 2. The van der Waals surface area contributed by atoms with Gasteiger partial charge in [-0.2, -0.15) is 5.26 Å². The van der Waals surface area contributed by atoms with E-state index in [0.29, 0.717) is 5.92 Å². The zero-order valence-electron chi connectivity index (χ0n) is 17.6. The zero-order valence-corrected chi connectivity index (χ0v) is 17.6. The van der Waals surface area contributed by atoms with E-state index in [9.17, 15) is 5.26 Å². The van der Waals surface area contributed by atoms with Crippen LogP contribution in [0.2, 0.25) is 0 Å². The number of nitriles is 1. The average Bonchev–Trinajstić information content (AvgIpc) is 2.77. The first-order chi connectivity index (χ1) is 14.1. The largest absolute Gasteiger partial charge is 0.384 e. The molecule has 1 saturated carbocycles. The Kier molecular flexibility index (Phi) is 7.09. The lowest BCUT2D eigenvalue weighted by Gasteiger charge is -2.35. The molecule has 1 fully saturated rings. The topological polar surface area (TPSA) is 73.7 Å². The maximum atomic E-state index is 9.80. The van der Waals surface area contributed by atoms with Crippen molar-refractivity contribution in [2.45, 2.75) is 70.6 Å². The molecule has 0 amide bonds. The first kappa shape index (κ1) is 21.1. The molecule has 3 heteroatoms. The highest BCUT2D eigenvalue weighted by atomic mass is 14.7. The second-order valence-electron chi connectivity index (χ2n) is 8.59. The van der Waals surface area contributed by atoms with Crippen LogP contribution in [0.3, 0.4) is 0 Å². The lowest BCUT2D eigenvalue weighted by molar-refractivity contribution is 0.223. The molecule has 2 aromatic carbocycles. The van der Waals surface area contributed by atoms with E-state index in [1.54, 1.807) is 0 Å². The van der Waals surface area contributed by atoms with Crippen molar-refractivity contribution in [3.05, 3.63) is 59.7 Å². The van der Waals surface area contributed by atoms with Crippen LogP contribution in [0.1, 0.15) is 81.8 Å². The van der Waals surface area contributed by atoms with Crippen LogP contribution in [-0.2, 0) is 0 Å². The molecule has 0 heterocycles. The third kappa shape index (κ3) is 5.26. The number of rotatable bonds is 8. The highest BCUT2D eigenvalue weighted by Gasteiger charge is 2.35. The Morgan fingerprint density at radius 1 is 1.00 bits per heavy atom. The zero-order chi connectivity index (χ0) is 20.7. The summed E-state index contributed by atoms with van der Waals surface area (Å²) in [6.45, 7) is 2.23. The fourth-order valence-corrected chi connectivity index (χ4v) is 4.60. The number of benzene rings is 2. The van der Waals surface area contributed by atoms with Gasteiger partial charge in [-0.15, -0.1) is 0 Å². The molecule has 3 nitrogen and oxygen atoms in total. The van der Waals surface area contributed by atoms with Crippen molar-refractivity contribution < 1.29 is 0 Å². The normalized spacial score (nSPS) is 21.4. The van der Waals surface area contributed by atoms with Gasteiger partial charge < -0.3 is 5.73 Å². The van der Waals surface area contributed by atoms with Crippen molar-refractivity contribution in [2.24, 2.45) is 11.1 Å². The summed E-state index contributed by atoms with van der Waals surface area (Å²) in [6.07, 6.45) is 10.4. The molecular formula is C26H33N3. The van der Waals surface area contributed by atoms with Crippen LogP contribution in [0, 0.1) is 22.2 Å². The molecule has 1 aliphatic carbocycles. The van der Waals surface area contributed by atoms with Gasteiger partial charge >= 0.3 is 0 Å².